The summed E-state index contributed by atoms with van der Waals surface area (Å²) in [5.41, 5.74) is 0.552. The predicted octanol–water partition coefficient (Wildman–Crippen LogP) is 4.10. The van der Waals surface area contributed by atoms with Gasteiger partial charge in [0.1, 0.15) is 11.6 Å². The molecule has 22 heavy (non-hydrogen) atoms. The molecule has 0 N–H and O–H groups in total. The highest BCUT2D eigenvalue weighted by Crippen LogP contribution is 2.23. The first-order valence-electron chi connectivity index (χ1n) is 7.92. The Morgan fingerprint density at radius 1 is 1.41 bits per heavy atom. The third kappa shape index (κ3) is 4.65. The lowest BCUT2D eigenvalue weighted by molar-refractivity contribution is -0.132. The van der Waals surface area contributed by atoms with E-state index in [1.54, 1.807) is 6.08 Å². The second-order valence-corrected chi connectivity index (χ2v) is 5.95. The van der Waals surface area contributed by atoms with Gasteiger partial charge in [0.2, 0.25) is 5.91 Å². The van der Waals surface area contributed by atoms with E-state index in [1.807, 2.05) is 4.90 Å². The highest BCUT2D eigenvalue weighted by atomic mass is 19.1. The first kappa shape index (κ1) is 16.7. The van der Waals surface area contributed by atoms with Crippen molar-refractivity contribution in [3.63, 3.8) is 0 Å². The lowest BCUT2D eigenvalue weighted by atomic mass is 9.91. The van der Waals surface area contributed by atoms with E-state index in [0.29, 0.717) is 30.7 Å². The van der Waals surface area contributed by atoms with Crippen molar-refractivity contribution in [3.8, 4) is 0 Å². The molecule has 1 aliphatic heterocycles. The molecule has 1 aromatic carbocycles. The number of hydrogen-bond acceptors (Lipinski definition) is 1. The zero-order valence-corrected chi connectivity index (χ0v) is 12.9. The number of amides is 1. The molecule has 120 valence electrons. The summed E-state index contributed by atoms with van der Waals surface area (Å²) in [7, 11) is 0. The quantitative estimate of drug-likeness (QED) is 0.725. The number of hydrogen-bond donors (Lipinski definition) is 0. The smallest absolute Gasteiger partial charge is 0.222 e. The van der Waals surface area contributed by atoms with Crippen LogP contribution in [0.2, 0.25) is 0 Å². The van der Waals surface area contributed by atoms with E-state index < -0.39 is 11.6 Å². The SMILES string of the molecule is C=CCCC(=O)N1CCC[C@@H](CCc2ccc(F)cc2F)C1. The Labute approximate surface area is 130 Å². The molecule has 0 saturated carbocycles. The molecule has 1 aromatic rings. The number of carbonyl (C=O) groups is 1. The molecule has 1 atom stereocenters. The van der Waals surface area contributed by atoms with Gasteiger partial charge in [0.15, 0.2) is 0 Å². The summed E-state index contributed by atoms with van der Waals surface area (Å²) in [6.07, 6.45) is 6.46. The van der Waals surface area contributed by atoms with Gasteiger partial charge in [-0.15, -0.1) is 6.58 Å². The van der Waals surface area contributed by atoms with Crippen LogP contribution in [0.1, 0.15) is 37.7 Å². The van der Waals surface area contributed by atoms with E-state index >= 15 is 0 Å². The standard InChI is InChI=1S/C18H23F2NO/c1-2-3-6-18(22)21-11-4-5-14(13-21)7-8-15-9-10-16(19)12-17(15)20/h2,9-10,12,14H,1,3-8,11,13H2/t14-/m0/s1. The van der Waals surface area contributed by atoms with Crippen LogP contribution in [0.25, 0.3) is 0 Å². The van der Waals surface area contributed by atoms with Gasteiger partial charge in [0, 0.05) is 25.6 Å². The molecular weight excluding hydrogens is 284 g/mol. The summed E-state index contributed by atoms with van der Waals surface area (Å²) in [4.78, 5) is 14.0. The lowest BCUT2D eigenvalue weighted by Crippen LogP contribution is -2.39. The first-order chi connectivity index (χ1) is 10.6. The monoisotopic (exact) mass is 307 g/mol. The second-order valence-electron chi connectivity index (χ2n) is 5.95. The minimum atomic E-state index is -0.544. The molecule has 1 aliphatic rings. The molecule has 0 bridgehead atoms. The zero-order chi connectivity index (χ0) is 15.9. The Morgan fingerprint density at radius 2 is 2.23 bits per heavy atom. The van der Waals surface area contributed by atoms with Crippen molar-refractivity contribution in [3.05, 3.63) is 48.1 Å². The normalized spacial score (nSPS) is 18.3. The Balaban J connectivity index is 1.85. The molecule has 0 unspecified atom stereocenters. The van der Waals surface area contributed by atoms with Gasteiger partial charge in [0.05, 0.1) is 0 Å². The summed E-state index contributed by atoms with van der Waals surface area (Å²) in [6, 6.07) is 3.74. The van der Waals surface area contributed by atoms with Gasteiger partial charge in [-0.2, -0.15) is 0 Å². The number of allylic oxidation sites excluding steroid dienone is 1. The van der Waals surface area contributed by atoms with Crippen molar-refractivity contribution in [2.75, 3.05) is 13.1 Å². The molecule has 2 rings (SSSR count). The van der Waals surface area contributed by atoms with Crippen molar-refractivity contribution < 1.29 is 13.6 Å². The maximum absolute atomic E-state index is 13.6. The Bertz CT molecular complexity index is 530. The number of halogens is 2. The van der Waals surface area contributed by atoms with E-state index in [0.717, 1.165) is 38.4 Å². The minimum Gasteiger partial charge on any atom is -0.342 e. The highest BCUT2D eigenvalue weighted by molar-refractivity contribution is 5.76. The third-order valence-corrected chi connectivity index (χ3v) is 4.27. The average molecular weight is 307 g/mol. The van der Waals surface area contributed by atoms with Gasteiger partial charge >= 0.3 is 0 Å². The maximum Gasteiger partial charge on any atom is 0.222 e. The summed E-state index contributed by atoms with van der Waals surface area (Å²) < 4.78 is 26.5. The fourth-order valence-electron chi connectivity index (χ4n) is 2.99. The van der Waals surface area contributed by atoms with Crippen LogP contribution in [-0.4, -0.2) is 23.9 Å². The molecule has 2 nitrogen and oxygen atoms in total. The number of aryl methyl sites for hydroxylation is 1. The molecule has 0 spiro atoms. The molecule has 1 heterocycles. The van der Waals surface area contributed by atoms with Gasteiger partial charge < -0.3 is 4.90 Å². The van der Waals surface area contributed by atoms with E-state index in [9.17, 15) is 13.6 Å². The van der Waals surface area contributed by atoms with Crippen LogP contribution in [0.5, 0.6) is 0 Å². The molecule has 1 amide bonds. The Morgan fingerprint density at radius 3 is 2.95 bits per heavy atom. The van der Waals surface area contributed by atoms with Gasteiger partial charge in [-0.25, -0.2) is 8.78 Å². The number of nitrogens with zero attached hydrogens (tertiary/aromatic N) is 1. The van der Waals surface area contributed by atoms with Crippen molar-refractivity contribution in [1.82, 2.24) is 4.90 Å². The zero-order valence-electron chi connectivity index (χ0n) is 12.9. The van der Waals surface area contributed by atoms with Crippen molar-refractivity contribution in [2.45, 2.75) is 38.5 Å². The molecule has 0 aromatic heterocycles. The summed E-state index contributed by atoms with van der Waals surface area (Å²) in [5, 5.41) is 0. The fourth-order valence-corrected chi connectivity index (χ4v) is 2.99. The summed E-state index contributed by atoms with van der Waals surface area (Å²) in [6.45, 7) is 5.20. The van der Waals surface area contributed by atoms with Crippen molar-refractivity contribution >= 4 is 5.91 Å². The second kappa shape index (κ2) is 8.06. The predicted molar refractivity (Wildman–Crippen MR) is 83.4 cm³/mol. The maximum atomic E-state index is 13.6. The molecule has 1 saturated heterocycles. The van der Waals surface area contributed by atoms with Crippen LogP contribution in [-0.2, 0) is 11.2 Å². The fraction of sp³-hybridized carbons (Fsp3) is 0.500. The van der Waals surface area contributed by atoms with E-state index in [1.165, 1.54) is 12.1 Å². The number of rotatable bonds is 6. The van der Waals surface area contributed by atoms with Crippen LogP contribution in [0.4, 0.5) is 8.78 Å². The van der Waals surface area contributed by atoms with E-state index in [4.69, 9.17) is 0 Å². The number of benzene rings is 1. The van der Waals surface area contributed by atoms with Crippen LogP contribution in [0.3, 0.4) is 0 Å². The molecule has 0 radical (unpaired) electrons. The average Bonchev–Trinajstić information content (AvgIpc) is 2.52. The van der Waals surface area contributed by atoms with E-state index in [2.05, 4.69) is 6.58 Å². The van der Waals surface area contributed by atoms with Gasteiger partial charge in [0.25, 0.3) is 0 Å². The van der Waals surface area contributed by atoms with Crippen LogP contribution < -0.4 is 0 Å². The topological polar surface area (TPSA) is 20.3 Å². The lowest BCUT2D eigenvalue weighted by Gasteiger charge is -2.33. The Hall–Kier alpha value is -1.71. The summed E-state index contributed by atoms with van der Waals surface area (Å²) in [5.74, 6) is -0.448. The third-order valence-electron chi connectivity index (χ3n) is 4.27. The van der Waals surface area contributed by atoms with Gasteiger partial charge in [-0.1, -0.05) is 12.1 Å². The molecule has 1 fully saturated rings. The largest absolute Gasteiger partial charge is 0.342 e. The first-order valence-corrected chi connectivity index (χ1v) is 7.92. The molecular formula is C18H23F2NO. The van der Waals surface area contributed by atoms with Gasteiger partial charge in [-0.05, 0) is 49.7 Å². The van der Waals surface area contributed by atoms with Crippen molar-refractivity contribution in [1.29, 1.82) is 0 Å². The van der Waals surface area contributed by atoms with Crippen LogP contribution >= 0.6 is 0 Å². The van der Waals surface area contributed by atoms with Crippen molar-refractivity contribution in [2.24, 2.45) is 5.92 Å². The summed E-state index contributed by atoms with van der Waals surface area (Å²) >= 11 is 0. The van der Waals surface area contributed by atoms with Gasteiger partial charge in [-0.3, -0.25) is 4.79 Å². The minimum absolute atomic E-state index is 0.178. The van der Waals surface area contributed by atoms with E-state index in [-0.39, 0.29) is 5.91 Å². The number of piperidine rings is 1. The van der Waals surface area contributed by atoms with Crippen LogP contribution in [0, 0.1) is 17.6 Å². The Kier molecular flexibility index (Phi) is 6.10. The number of carbonyl (C=O) groups excluding carboxylic acids is 1. The number of likely N-dealkylation sites (tertiary alicyclic amines) is 1. The highest BCUT2D eigenvalue weighted by Gasteiger charge is 2.23. The molecule has 0 aliphatic carbocycles. The molecule has 4 heteroatoms. The van der Waals surface area contributed by atoms with Crippen LogP contribution in [0.15, 0.2) is 30.9 Å².